The maximum atomic E-state index is 15.4. The standard InChI is InChI=1S/C31H32FN5O4Si/c1-18-27-26(28(35(3)29(18)39)34-25-13-10-20(16-24(25)32)14-15-42(4,5)6)30(40)37(22-11-12-22)31(41)36(27)23-9-7-8-21(17-23)33-19(2)38/h7-10,13,16-17,22,34H,11-12H2,1-6H3,(H,33,38). The minimum atomic E-state index is -1.67. The van der Waals surface area contributed by atoms with E-state index in [4.69, 9.17) is 0 Å². The van der Waals surface area contributed by atoms with Crippen LogP contribution in [0.3, 0.4) is 0 Å². The molecule has 2 aromatic heterocycles. The van der Waals surface area contributed by atoms with Crippen molar-refractivity contribution < 1.29 is 9.18 Å². The second-order valence-corrected chi connectivity index (χ2v) is 16.4. The molecule has 0 unspecified atom stereocenters. The molecule has 4 aromatic rings. The van der Waals surface area contributed by atoms with Gasteiger partial charge in [-0.25, -0.2) is 9.18 Å². The van der Waals surface area contributed by atoms with Gasteiger partial charge in [-0.15, -0.1) is 5.54 Å². The number of hydrogen-bond donors (Lipinski definition) is 2. The van der Waals surface area contributed by atoms with Crippen molar-refractivity contribution in [3.63, 3.8) is 0 Å². The number of pyridine rings is 1. The van der Waals surface area contributed by atoms with E-state index < -0.39 is 30.7 Å². The summed E-state index contributed by atoms with van der Waals surface area (Å²) in [5.74, 6) is 2.20. The third kappa shape index (κ3) is 5.45. The second-order valence-electron chi connectivity index (χ2n) is 11.6. The lowest BCUT2D eigenvalue weighted by molar-refractivity contribution is -0.114. The molecule has 0 spiro atoms. The van der Waals surface area contributed by atoms with E-state index in [0.717, 1.165) is 0 Å². The molecule has 2 N–H and O–H groups in total. The predicted octanol–water partition coefficient (Wildman–Crippen LogP) is 4.56. The van der Waals surface area contributed by atoms with Gasteiger partial charge in [-0.1, -0.05) is 31.6 Å². The molecular formula is C31H32FN5O4Si. The van der Waals surface area contributed by atoms with Crippen LogP contribution in [0.1, 0.15) is 36.9 Å². The Morgan fingerprint density at radius 3 is 2.38 bits per heavy atom. The maximum Gasteiger partial charge on any atom is 0.336 e. The lowest BCUT2D eigenvalue weighted by Crippen LogP contribution is -2.41. The average Bonchev–Trinajstić information content (AvgIpc) is 3.74. The summed E-state index contributed by atoms with van der Waals surface area (Å²) in [6.45, 7) is 9.21. The first-order valence-corrected chi connectivity index (χ1v) is 17.2. The van der Waals surface area contributed by atoms with E-state index in [2.05, 4.69) is 41.7 Å². The Labute approximate surface area is 242 Å². The quantitative estimate of drug-likeness (QED) is 0.264. The summed E-state index contributed by atoms with van der Waals surface area (Å²) in [7, 11) is -0.174. The van der Waals surface area contributed by atoms with Gasteiger partial charge in [0.15, 0.2) is 0 Å². The summed E-state index contributed by atoms with van der Waals surface area (Å²) in [6, 6.07) is 10.8. The van der Waals surface area contributed by atoms with Gasteiger partial charge in [-0.05, 0) is 56.2 Å². The van der Waals surface area contributed by atoms with Gasteiger partial charge in [-0.3, -0.25) is 28.1 Å². The zero-order chi connectivity index (χ0) is 30.5. The van der Waals surface area contributed by atoms with Gasteiger partial charge in [0.2, 0.25) is 5.91 Å². The van der Waals surface area contributed by atoms with Gasteiger partial charge in [0.05, 0.1) is 16.9 Å². The molecule has 0 aliphatic heterocycles. The largest absolute Gasteiger partial charge is 0.338 e. The van der Waals surface area contributed by atoms with Crippen molar-refractivity contribution in [3.8, 4) is 17.2 Å². The van der Waals surface area contributed by atoms with Gasteiger partial charge < -0.3 is 10.6 Å². The fourth-order valence-corrected chi connectivity index (χ4v) is 5.38. The molecule has 1 amide bonds. The molecule has 1 saturated carbocycles. The minimum Gasteiger partial charge on any atom is -0.338 e. The number of aryl methyl sites for hydroxylation is 1. The van der Waals surface area contributed by atoms with Crippen molar-refractivity contribution in [3.05, 3.63) is 90.6 Å². The fraction of sp³-hybridized carbons (Fsp3) is 0.290. The van der Waals surface area contributed by atoms with Crippen molar-refractivity contribution in [1.29, 1.82) is 0 Å². The van der Waals surface area contributed by atoms with Crippen LogP contribution >= 0.6 is 0 Å². The highest BCUT2D eigenvalue weighted by atomic mass is 28.3. The highest BCUT2D eigenvalue weighted by Gasteiger charge is 2.31. The predicted molar refractivity (Wildman–Crippen MR) is 166 cm³/mol. The van der Waals surface area contributed by atoms with Gasteiger partial charge in [0, 0.05) is 36.8 Å². The van der Waals surface area contributed by atoms with Crippen molar-refractivity contribution in [2.45, 2.75) is 52.4 Å². The number of carbonyl (C=O) groups excluding carboxylic acids is 1. The molecule has 0 saturated heterocycles. The lowest BCUT2D eigenvalue weighted by Gasteiger charge is -2.21. The lowest BCUT2D eigenvalue weighted by atomic mass is 10.1. The second kappa shape index (κ2) is 10.6. The molecule has 5 rings (SSSR count). The Bertz CT molecular complexity index is 2020. The number of aromatic nitrogens is 3. The molecular weight excluding hydrogens is 553 g/mol. The maximum absolute atomic E-state index is 15.4. The first-order valence-electron chi connectivity index (χ1n) is 13.7. The van der Waals surface area contributed by atoms with Crippen molar-refractivity contribution in [1.82, 2.24) is 13.7 Å². The zero-order valence-corrected chi connectivity index (χ0v) is 25.4. The highest BCUT2D eigenvalue weighted by Crippen LogP contribution is 2.34. The third-order valence-electron chi connectivity index (χ3n) is 6.98. The molecule has 2 aromatic carbocycles. The summed E-state index contributed by atoms with van der Waals surface area (Å²) in [6.07, 6.45) is 1.32. The van der Waals surface area contributed by atoms with Crippen LogP contribution in [0.5, 0.6) is 0 Å². The summed E-state index contributed by atoms with van der Waals surface area (Å²) in [5.41, 5.74) is 3.28. The van der Waals surface area contributed by atoms with E-state index in [1.54, 1.807) is 37.3 Å². The van der Waals surface area contributed by atoms with Gasteiger partial charge >= 0.3 is 5.69 Å². The van der Waals surface area contributed by atoms with E-state index >= 15 is 4.39 Å². The minimum absolute atomic E-state index is 0.0523. The molecule has 1 aliphatic carbocycles. The van der Waals surface area contributed by atoms with Crippen LogP contribution in [-0.4, -0.2) is 27.7 Å². The third-order valence-corrected chi connectivity index (χ3v) is 7.86. The normalized spacial score (nSPS) is 13.0. The van der Waals surface area contributed by atoms with Crippen LogP contribution in [0.2, 0.25) is 19.6 Å². The summed E-state index contributed by atoms with van der Waals surface area (Å²) in [4.78, 5) is 53.1. The van der Waals surface area contributed by atoms with Gasteiger partial charge in [-0.2, -0.15) is 0 Å². The number of halogens is 1. The Morgan fingerprint density at radius 1 is 1.05 bits per heavy atom. The first-order chi connectivity index (χ1) is 19.8. The van der Waals surface area contributed by atoms with Crippen LogP contribution in [0.4, 0.5) is 21.6 Å². The first kappa shape index (κ1) is 28.8. The van der Waals surface area contributed by atoms with Crippen molar-refractivity contribution in [2.24, 2.45) is 7.05 Å². The number of carbonyl (C=O) groups is 1. The molecule has 216 valence electrons. The van der Waals surface area contributed by atoms with E-state index in [1.165, 1.54) is 39.8 Å². The number of benzene rings is 2. The summed E-state index contributed by atoms with van der Waals surface area (Å²) in [5, 5.41) is 5.75. The van der Waals surface area contributed by atoms with Crippen LogP contribution in [0, 0.1) is 24.2 Å². The average molecular weight is 586 g/mol. The zero-order valence-electron chi connectivity index (χ0n) is 24.4. The number of nitrogens with zero attached hydrogens (tertiary/aromatic N) is 3. The molecule has 9 nitrogen and oxygen atoms in total. The Morgan fingerprint density at radius 2 is 1.76 bits per heavy atom. The number of hydrogen-bond acceptors (Lipinski definition) is 5. The molecule has 0 radical (unpaired) electrons. The van der Waals surface area contributed by atoms with E-state index in [0.29, 0.717) is 29.8 Å². The van der Waals surface area contributed by atoms with Gasteiger partial charge in [0.1, 0.15) is 25.1 Å². The molecule has 1 fully saturated rings. The van der Waals surface area contributed by atoms with Crippen LogP contribution in [0.25, 0.3) is 16.6 Å². The van der Waals surface area contributed by atoms with Crippen LogP contribution < -0.4 is 27.4 Å². The topological polar surface area (TPSA) is 107 Å². The van der Waals surface area contributed by atoms with E-state index in [-0.39, 0.29) is 39.9 Å². The number of amides is 1. The number of nitrogens with one attached hydrogen (secondary N) is 2. The Balaban J connectivity index is 1.79. The molecule has 0 atom stereocenters. The highest BCUT2D eigenvalue weighted by molar-refractivity contribution is 6.83. The van der Waals surface area contributed by atoms with Crippen molar-refractivity contribution in [2.75, 3.05) is 10.6 Å². The molecule has 1 aliphatic rings. The van der Waals surface area contributed by atoms with Crippen LogP contribution in [0.15, 0.2) is 56.8 Å². The van der Waals surface area contributed by atoms with E-state index in [1.807, 2.05) is 0 Å². The number of rotatable bonds is 5. The van der Waals surface area contributed by atoms with E-state index in [9.17, 15) is 19.2 Å². The van der Waals surface area contributed by atoms with Crippen molar-refractivity contribution >= 4 is 42.1 Å². The van der Waals surface area contributed by atoms with Gasteiger partial charge in [0.25, 0.3) is 11.1 Å². The Hall–Kier alpha value is -4.69. The fourth-order valence-electron chi connectivity index (χ4n) is 4.86. The molecule has 2 heterocycles. The smallest absolute Gasteiger partial charge is 0.336 e. The monoisotopic (exact) mass is 585 g/mol. The molecule has 11 heteroatoms. The number of anilines is 3. The summed E-state index contributed by atoms with van der Waals surface area (Å²) >= 11 is 0. The van der Waals surface area contributed by atoms with Crippen LogP contribution in [-0.2, 0) is 11.8 Å². The number of fused-ring (bicyclic) bond motifs is 1. The Kier molecular flexibility index (Phi) is 7.28. The summed E-state index contributed by atoms with van der Waals surface area (Å²) < 4.78 is 19.2. The molecule has 0 bridgehead atoms. The molecule has 42 heavy (non-hydrogen) atoms. The SMILES string of the molecule is CC(=O)Nc1cccc(-n2c(=O)n(C3CC3)c(=O)c3c(Nc4ccc(C#C[Si](C)(C)C)cc4F)n(C)c(=O)c(C)c32)c1.